The second-order valence-electron chi connectivity index (χ2n) is 5.69. The lowest BCUT2D eigenvalue weighted by Crippen LogP contribution is -2.37. The van der Waals surface area contributed by atoms with E-state index >= 15 is 0 Å². The lowest BCUT2D eigenvalue weighted by molar-refractivity contribution is 0.402. The molecule has 2 aromatic rings. The van der Waals surface area contributed by atoms with Crippen LogP contribution in [0, 0.1) is 5.82 Å². The molecule has 1 nitrogen and oxygen atoms in total. The Labute approximate surface area is 119 Å². The average Bonchev–Trinajstić information content (AvgIpc) is 2.46. The van der Waals surface area contributed by atoms with E-state index in [2.05, 4.69) is 36.5 Å². The fourth-order valence-electron chi connectivity index (χ4n) is 3.09. The molecule has 0 saturated heterocycles. The first-order valence-electron chi connectivity index (χ1n) is 7.30. The third-order valence-electron chi connectivity index (χ3n) is 4.06. The maximum Gasteiger partial charge on any atom is 0.123 e. The van der Waals surface area contributed by atoms with Gasteiger partial charge in [-0.15, -0.1) is 0 Å². The van der Waals surface area contributed by atoms with Gasteiger partial charge in [-0.3, -0.25) is 0 Å². The number of nitrogens with one attached hydrogen (secondary N) is 1. The van der Waals surface area contributed by atoms with Crippen LogP contribution < -0.4 is 5.32 Å². The molecule has 0 spiro atoms. The molecule has 1 aliphatic rings. The van der Waals surface area contributed by atoms with Crippen molar-refractivity contribution in [3.8, 4) is 0 Å². The summed E-state index contributed by atoms with van der Waals surface area (Å²) in [7, 11) is 0. The van der Waals surface area contributed by atoms with Gasteiger partial charge in [0.1, 0.15) is 5.82 Å². The van der Waals surface area contributed by atoms with Crippen LogP contribution >= 0.6 is 0 Å². The maximum atomic E-state index is 13.5. The molecule has 2 heteroatoms. The normalized spacial score (nSPS) is 21.5. The van der Waals surface area contributed by atoms with Crippen LogP contribution in [0.25, 0.3) is 0 Å². The SMILES string of the molecule is CC1Cc2ccc(F)cc2C(CCc2ccccc2)N1. The van der Waals surface area contributed by atoms with Crippen molar-refractivity contribution in [3.63, 3.8) is 0 Å². The molecular formula is C18H20FN. The Bertz CT molecular complexity index is 579. The van der Waals surface area contributed by atoms with Gasteiger partial charge in [0.05, 0.1) is 0 Å². The molecule has 0 fully saturated rings. The summed E-state index contributed by atoms with van der Waals surface area (Å²) in [4.78, 5) is 0. The predicted molar refractivity (Wildman–Crippen MR) is 80.2 cm³/mol. The number of halogens is 1. The molecule has 0 radical (unpaired) electrons. The van der Waals surface area contributed by atoms with Crippen molar-refractivity contribution in [2.24, 2.45) is 0 Å². The summed E-state index contributed by atoms with van der Waals surface area (Å²) in [5.74, 6) is -0.134. The zero-order valence-electron chi connectivity index (χ0n) is 11.8. The van der Waals surface area contributed by atoms with Crippen LogP contribution in [0.5, 0.6) is 0 Å². The van der Waals surface area contributed by atoms with Crippen LogP contribution in [0.1, 0.15) is 36.1 Å². The lowest BCUT2D eigenvalue weighted by Gasteiger charge is -2.31. The van der Waals surface area contributed by atoms with Gasteiger partial charge in [0.2, 0.25) is 0 Å². The third-order valence-corrected chi connectivity index (χ3v) is 4.06. The maximum absolute atomic E-state index is 13.5. The summed E-state index contributed by atoms with van der Waals surface area (Å²) >= 11 is 0. The molecule has 0 amide bonds. The van der Waals surface area contributed by atoms with Crippen molar-refractivity contribution in [2.45, 2.75) is 38.3 Å². The van der Waals surface area contributed by atoms with Crippen LogP contribution in [-0.4, -0.2) is 6.04 Å². The molecule has 2 unspecified atom stereocenters. The van der Waals surface area contributed by atoms with E-state index in [9.17, 15) is 4.39 Å². The van der Waals surface area contributed by atoms with Gasteiger partial charge in [0.25, 0.3) is 0 Å². The van der Waals surface area contributed by atoms with Gasteiger partial charge >= 0.3 is 0 Å². The highest BCUT2D eigenvalue weighted by Gasteiger charge is 2.23. The van der Waals surface area contributed by atoms with Gasteiger partial charge in [0, 0.05) is 12.1 Å². The smallest absolute Gasteiger partial charge is 0.123 e. The average molecular weight is 269 g/mol. The Hall–Kier alpha value is -1.67. The molecule has 1 heterocycles. The van der Waals surface area contributed by atoms with E-state index in [0.29, 0.717) is 6.04 Å². The van der Waals surface area contributed by atoms with Crippen LogP contribution in [0.3, 0.4) is 0 Å². The van der Waals surface area contributed by atoms with E-state index in [4.69, 9.17) is 0 Å². The van der Waals surface area contributed by atoms with Crippen LogP contribution in [0.4, 0.5) is 4.39 Å². The van der Waals surface area contributed by atoms with E-state index in [1.165, 1.54) is 11.1 Å². The topological polar surface area (TPSA) is 12.0 Å². The van der Waals surface area contributed by atoms with Crippen LogP contribution in [0.2, 0.25) is 0 Å². The van der Waals surface area contributed by atoms with E-state index in [1.54, 1.807) is 12.1 Å². The predicted octanol–water partition coefficient (Wildman–Crippen LogP) is 4.03. The number of aryl methyl sites for hydroxylation is 1. The standard InChI is InChI=1S/C18H20FN/c1-13-11-15-8-9-16(19)12-17(15)18(20-13)10-7-14-5-3-2-4-6-14/h2-6,8-9,12-13,18,20H,7,10-11H2,1H3. The molecule has 1 aliphatic heterocycles. The largest absolute Gasteiger partial charge is 0.307 e. The molecule has 0 aromatic heterocycles. The molecular weight excluding hydrogens is 249 g/mol. The Kier molecular flexibility index (Phi) is 3.83. The molecule has 3 rings (SSSR count). The van der Waals surface area contributed by atoms with Gasteiger partial charge in [-0.2, -0.15) is 0 Å². The van der Waals surface area contributed by atoms with E-state index in [1.807, 2.05) is 12.1 Å². The number of rotatable bonds is 3. The first-order valence-corrected chi connectivity index (χ1v) is 7.30. The zero-order valence-corrected chi connectivity index (χ0v) is 11.8. The van der Waals surface area contributed by atoms with Gasteiger partial charge in [-0.25, -0.2) is 4.39 Å². The molecule has 1 N–H and O–H groups in total. The summed E-state index contributed by atoms with van der Waals surface area (Å²) in [6.07, 6.45) is 3.00. The van der Waals surface area contributed by atoms with E-state index < -0.39 is 0 Å². The first kappa shape index (κ1) is 13.3. The quantitative estimate of drug-likeness (QED) is 0.887. The van der Waals surface area contributed by atoms with Crippen molar-refractivity contribution < 1.29 is 4.39 Å². The minimum atomic E-state index is -0.134. The summed E-state index contributed by atoms with van der Waals surface area (Å²) in [6, 6.07) is 16.4. The Morgan fingerprint density at radius 3 is 2.75 bits per heavy atom. The molecule has 2 atom stereocenters. The number of fused-ring (bicyclic) bond motifs is 1. The first-order chi connectivity index (χ1) is 9.72. The highest BCUT2D eigenvalue weighted by Crippen LogP contribution is 2.29. The number of hydrogen-bond acceptors (Lipinski definition) is 1. The zero-order chi connectivity index (χ0) is 13.9. The molecule has 0 saturated carbocycles. The van der Waals surface area contributed by atoms with Gasteiger partial charge < -0.3 is 5.32 Å². The van der Waals surface area contributed by atoms with Crippen LogP contribution in [-0.2, 0) is 12.8 Å². The van der Waals surface area contributed by atoms with Gasteiger partial charge in [-0.05, 0) is 55.0 Å². The van der Waals surface area contributed by atoms with Crippen molar-refractivity contribution in [3.05, 3.63) is 71.0 Å². The molecule has 104 valence electrons. The van der Waals surface area contributed by atoms with Crippen molar-refractivity contribution in [1.82, 2.24) is 5.32 Å². The Morgan fingerprint density at radius 1 is 1.15 bits per heavy atom. The lowest BCUT2D eigenvalue weighted by atomic mass is 9.88. The van der Waals surface area contributed by atoms with E-state index in [-0.39, 0.29) is 11.9 Å². The molecule has 2 aromatic carbocycles. The Balaban J connectivity index is 1.78. The third kappa shape index (κ3) is 2.91. The summed E-state index contributed by atoms with van der Waals surface area (Å²) in [5.41, 5.74) is 3.76. The van der Waals surface area contributed by atoms with Crippen molar-refractivity contribution in [2.75, 3.05) is 0 Å². The second-order valence-corrected chi connectivity index (χ2v) is 5.69. The minimum absolute atomic E-state index is 0.134. The summed E-state index contributed by atoms with van der Waals surface area (Å²) < 4.78 is 13.5. The van der Waals surface area contributed by atoms with Gasteiger partial charge in [0.15, 0.2) is 0 Å². The molecule has 20 heavy (non-hydrogen) atoms. The Morgan fingerprint density at radius 2 is 1.95 bits per heavy atom. The summed E-state index contributed by atoms with van der Waals surface area (Å²) in [6.45, 7) is 2.20. The van der Waals surface area contributed by atoms with Crippen molar-refractivity contribution >= 4 is 0 Å². The highest BCUT2D eigenvalue weighted by molar-refractivity contribution is 5.34. The number of benzene rings is 2. The number of hydrogen-bond donors (Lipinski definition) is 1. The fourth-order valence-corrected chi connectivity index (χ4v) is 3.09. The fraction of sp³-hybridized carbons (Fsp3) is 0.333. The molecule has 0 aliphatic carbocycles. The van der Waals surface area contributed by atoms with Gasteiger partial charge in [-0.1, -0.05) is 36.4 Å². The minimum Gasteiger partial charge on any atom is -0.307 e. The summed E-state index contributed by atoms with van der Waals surface area (Å²) in [5, 5.41) is 3.60. The molecule has 0 bridgehead atoms. The van der Waals surface area contributed by atoms with E-state index in [0.717, 1.165) is 24.8 Å². The van der Waals surface area contributed by atoms with Crippen molar-refractivity contribution in [1.29, 1.82) is 0 Å². The highest BCUT2D eigenvalue weighted by atomic mass is 19.1. The van der Waals surface area contributed by atoms with Crippen LogP contribution in [0.15, 0.2) is 48.5 Å². The second kappa shape index (κ2) is 5.76. The monoisotopic (exact) mass is 269 g/mol.